The van der Waals surface area contributed by atoms with Crippen LogP contribution < -0.4 is 5.43 Å². The van der Waals surface area contributed by atoms with Crippen molar-refractivity contribution in [3.63, 3.8) is 0 Å². The van der Waals surface area contributed by atoms with E-state index >= 15 is 0 Å². The largest absolute Gasteiger partial charge is 0.273 e. The van der Waals surface area contributed by atoms with E-state index in [1.165, 1.54) is 49.3 Å². The van der Waals surface area contributed by atoms with E-state index in [0.29, 0.717) is 6.42 Å². The average molecular weight is 389 g/mol. The van der Waals surface area contributed by atoms with Crippen molar-refractivity contribution in [2.45, 2.75) is 64.7 Å². The van der Waals surface area contributed by atoms with Gasteiger partial charge in [0.1, 0.15) is 0 Å². The second-order valence-corrected chi connectivity index (χ2v) is 7.75. The number of carbonyl (C=O) groups is 1. The molecular weight excluding hydrogens is 356 g/mol. The lowest BCUT2D eigenvalue weighted by molar-refractivity contribution is -0.121. The Morgan fingerprint density at radius 2 is 1.38 bits per heavy atom. The van der Waals surface area contributed by atoms with Crippen LogP contribution in [0.4, 0.5) is 0 Å². The molecule has 3 rings (SSSR count). The summed E-state index contributed by atoms with van der Waals surface area (Å²) in [7, 11) is 0. The predicted octanol–water partition coefficient (Wildman–Crippen LogP) is 6.97. The number of nitrogens with zero attached hydrogens (tertiary/aromatic N) is 1. The first kappa shape index (κ1) is 21.0. The summed E-state index contributed by atoms with van der Waals surface area (Å²) < 4.78 is 0. The minimum absolute atomic E-state index is 0.00299. The first-order chi connectivity index (χ1) is 14.3. The zero-order chi connectivity index (χ0) is 20.3. The van der Waals surface area contributed by atoms with E-state index in [1.54, 1.807) is 6.21 Å². The summed E-state index contributed by atoms with van der Waals surface area (Å²) in [6.07, 6.45) is 12.2. The molecule has 0 aromatic heterocycles. The van der Waals surface area contributed by atoms with E-state index in [0.717, 1.165) is 29.2 Å². The highest BCUT2D eigenvalue weighted by Crippen LogP contribution is 2.27. The fourth-order valence-electron chi connectivity index (χ4n) is 3.83. The standard InChI is InChI=1S/C26H32N2O/c1-2-3-4-5-6-7-8-9-18-26(29)28-27-20-25-23-16-12-10-14-21(23)19-22-15-11-13-17-24(22)25/h10-17,19-20H,2-9,18H2,1H3,(H,28,29). The molecular formula is C26H32N2O. The van der Waals surface area contributed by atoms with Crippen LogP contribution in [-0.4, -0.2) is 12.1 Å². The van der Waals surface area contributed by atoms with Crippen LogP contribution in [0.2, 0.25) is 0 Å². The lowest BCUT2D eigenvalue weighted by atomic mass is 9.97. The molecule has 1 N–H and O–H groups in total. The number of hydrogen-bond acceptors (Lipinski definition) is 2. The number of amides is 1. The topological polar surface area (TPSA) is 41.5 Å². The van der Waals surface area contributed by atoms with Gasteiger partial charge >= 0.3 is 0 Å². The Hall–Kier alpha value is -2.68. The first-order valence-electron chi connectivity index (χ1n) is 11.0. The van der Waals surface area contributed by atoms with Gasteiger partial charge < -0.3 is 0 Å². The number of rotatable bonds is 11. The fraction of sp³-hybridized carbons (Fsp3) is 0.385. The summed E-state index contributed by atoms with van der Waals surface area (Å²) in [6.45, 7) is 2.24. The van der Waals surface area contributed by atoms with Crippen LogP contribution in [0.25, 0.3) is 21.5 Å². The van der Waals surface area contributed by atoms with Crippen molar-refractivity contribution in [2.24, 2.45) is 5.10 Å². The smallest absolute Gasteiger partial charge is 0.240 e. The van der Waals surface area contributed by atoms with Crippen molar-refractivity contribution in [1.29, 1.82) is 0 Å². The molecule has 3 aromatic rings. The Kier molecular flexibility index (Phi) is 8.24. The zero-order valence-corrected chi connectivity index (χ0v) is 17.5. The molecule has 0 bridgehead atoms. The summed E-state index contributed by atoms with van der Waals surface area (Å²) in [5.41, 5.74) is 3.76. The normalized spacial score (nSPS) is 11.5. The molecule has 0 saturated heterocycles. The quantitative estimate of drug-likeness (QED) is 0.164. The molecule has 3 aromatic carbocycles. The van der Waals surface area contributed by atoms with Crippen molar-refractivity contribution in [3.8, 4) is 0 Å². The molecule has 0 aliphatic heterocycles. The van der Waals surface area contributed by atoms with Crippen molar-refractivity contribution in [1.82, 2.24) is 5.43 Å². The molecule has 0 atom stereocenters. The van der Waals surface area contributed by atoms with Gasteiger partial charge in [-0.25, -0.2) is 5.43 Å². The van der Waals surface area contributed by atoms with Gasteiger partial charge in [-0.3, -0.25) is 4.79 Å². The maximum atomic E-state index is 12.1. The van der Waals surface area contributed by atoms with Crippen LogP contribution in [0.15, 0.2) is 59.7 Å². The van der Waals surface area contributed by atoms with Gasteiger partial charge in [0.25, 0.3) is 0 Å². The van der Waals surface area contributed by atoms with Gasteiger partial charge in [0.2, 0.25) is 5.91 Å². The lowest BCUT2D eigenvalue weighted by Crippen LogP contribution is -2.16. The third-order valence-corrected chi connectivity index (χ3v) is 5.45. The van der Waals surface area contributed by atoms with Crippen LogP contribution in [0.5, 0.6) is 0 Å². The Labute approximate surface area is 174 Å². The molecule has 0 heterocycles. The van der Waals surface area contributed by atoms with Crippen molar-refractivity contribution in [2.75, 3.05) is 0 Å². The number of fused-ring (bicyclic) bond motifs is 2. The molecule has 0 unspecified atom stereocenters. The summed E-state index contributed by atoms with van der Waals surface area (Å²) in [4.78, 5) is 12.1. The lowest BCUT2D eigenvalue weighted by Gasteiger charge is -2.08. The Morgan fingerprint density at radius 3 is 2.00 bits per heavy atom. The molecule has 0 fully saturated rings. The first-order valence-corrected chi connectivity index (χ1v) is 11.0. The SMILES string of the molecule is CCCCCCCCCCC(=O)NN=Cc1c2ccccc2cc2ccccc12. The molecule has 29 heavy (non-hydrogen) atoms. The Morgan fingerprint density at radius 1 is 0.828 bits per heavy atom. The van der Waals surface area contributed by atoms with Crippen LogP contribution in [0.3, 0.4) is 0 Å². The molecule has 0 saturated carbocycles. The highest BCUT2D eigenvalue weighted by molar-refractivity contribution is 6.13. The van der Waals surface area contributed by atoms with Gasteiger partial charge in [0.15, 0.2) is 0 Å². The molecule has 0 radical (unpaired) electrons. The molecule has 152 valence electrons. The Balaban J connectivity index is 1.53. The third kappa shape index (κ3) is 6.15. The molecule has 0 aliphatic carbocycles. The fourth-order valence-corrected chi connectivity index (χ4v) is 3.83. The zero-order valence-electron chi connectivity index (χ0n) is 17.5. The van der Waals surface area contributed by atoms with Gasteiger partial charge in [-0.2, -0.15) is 5.10 Å². The molecule has 1 amide bonds. The second kappa shape index (κ2) is 11.4. The van der Waals surface area contributed by atoms with Gasteiger partial charge in [0.05, 0.1) is 6.21 Å². The van der Waals surface area contributed by atoms with E-state index in [2.05, 4.69) is 47.8 Å². The monoisotopic (exact) mass is 388 g/mol. The van der Waals surface area contributed by atoms with Crippen LogP contribution in [0, 0.1) is 0 Å². The Bertz CT molecular complexity index is 907. The molecule has 0 spiro atoms. The maximum Gasteiger partial charge on any atom is 0.240 e. The van der Waals surface area contributed by atoms with Crippen molar-refractivity contribution < 1.29 is 4.79 Å². The van der Waals surface area contributed by atoms with Crippen molar-refractivity contribution in [3.05, 3.63) is 60.2 Å². The van der Waals surface area contributed by atoms with Gasteiger partial charge in [-0.05, 0) is 34.0 Å². The van der Waals surface area contributed by atoms with Crippen LogP contribution in [0.1, 0.15) is 70.3 Å². The van der Waals surface area contributed by atoms with E-state index in [9.17, 15) is 4.79 Å². The summed E-state index contributed by atoms with van der Waals surface area (Å²) in [5, 5.41) is 8.91. The third-order valence-electron chi connectivity index (χ3n) is 5.45. The number of unbranched alkanes of at least 4 members (excludes halogenated alkanes) is 7. The predicted molar refractivity (Wildman–Crippen MR) is 124 cm³/mol. The van der Waals surface area contributed by atoms with Gasteiger partial charge in [-0.15, -0.1) is 0 Å². The number of benzene rings is 3. The van der Waals surface area contributed by atoms with Gasteiger partial charge in [-0.1, -0.05) is 100 Å². The highest BCUT2D eigenvalue weighted by Gasteiger charge is 2.06. The van der Waals surface area contributed by atoms with Gasteiger partial charge in [0, 0.05) is 12.0 Å². The minimum Gasteiger partial charge on any atom is -0.273 e. The van der Waals surface area contributed by atoms with E-state index < -0.39 is 0 Å². The van der Waals surface area contributed by atoms with E-state index in [-0.39, 0.29) is 5.91 Å². The molecule has 3 heteroatoms. The average Bonchev–Trinajstić information content (AvgIpc) is 2.75. The number of carbonyl (C=O) groups excluding carboxylic acids is 1. The van der Waals surface area contributed by atoms with Crippen LogP contribution in [-0.2, 0) is 4.79 Å². The number of hydrogen-bond donors (Lipinski definition) is 1. The maximum absolute atomic E-state index is 12.1. The minimum atomic E-state index is -0.00299. The number of hydrazone groups is 1. The number of nitrogens with one attached hydrogen (secondary N) is 1. The highest BCUT2D eigenvalue weighted by atomic mass is 16.2. The summed E-state index contributed by atoms with van der Waals surface area (Å²) in [6, 6.07) is 18.8. The van der Waals surface area contributed by atoms with Crippen LogP contribution >= 0.6 is 0 Å². The van der Waals surface area contributed by atoms with Crippen molar-refractivity contribution >= 4 is 33.7 Å². The molecule has 3 nitrogen and oxygen atoms in total. The second-order valence-electron chi connectivity index (χ2n) is 7.75. The molecule has 0 aliphatic rings. The summed E-state index contributed by atoms with van der Waals surface area (Å²) in [5.74, 6) is -0.00299. The van der Waals surface area contributed by atoms with E-state index in [1.807, 2.05) is 24.3 Å². The van der Waals surface area contributed by atoms with E-state index in [4.69, 9.17) is 0 Å². The summed E-state index contributed by atoms with van der Waals surface area (Å²) >= 11 is 0.